The van der Waals surface area contributed by atoms with E-state index >= 15 is 0 Å². The summed E-state index contributed by atoms with van der Waals surface area (Å²) >= 11 is 0. The van der Waals surface area contributed by atoms with Crippen LogP contribution in [0.5, 0.6) is 5.75 Å². The molecule has 0 bridgehead atoms. The van der Waals surface area contributed by atoms with E-state index in [0.29, 0.717) is 6.54 Å². The summed E-state index contributed by atoms with van der Waals surface area (Å²) in [7, 11) is -2.02. The summed E-state index contributed by atoms with van der Waals surface area (Å²) < 4.78 is 45.3. The number of sulfonamides is 1. The first-order valence-corrected chi connectivity index (χ1v) is 8.83. The standard InChI is InChI=1S/C17H18FNO3S/c1-22-15-6-2-13(3-7-15)17(10-11-17)12-19-23(20,21)16-8-4-14(18)5-9-16/h2-9,19H,10-12H2,1H3. The van der Waals surface area contributed by atoms with Crippen molar-refractivity contribution in [1.82, 2.24) is 4.72 Å². The molecule has 0 heterocycles. The Bertz CT molecular complexity index is 782. The number of hydrogen-bond acceptors (Lipinski definition) is 3. The highest BCUT2D eigenvalue weighted by molar-refractivity contribution is 7.89. The predicted molar refractivity (Wildman–Crippen MR) is 85.5 cm³/mol. The van der Waals surface area contributed by atoms with Crippen molar-refractivity contribution in [2.45, 2.75) is 23.2 Å². The zero-order chi connectivity index (χ0) is 16.5. The van der Waals surface area contributed by atoms with Crippen molar-refractivity contribution >= 4 is 10.0 Å². The molecule has 1 N–H and O–H groups in total. The molecule has 0 aliphatic heterocycles. The molecule has 1 aliphatic rings. The fourth-order valence-electron chi connectivity index (χ4n) is 2.59. The number of ether oxygens (including phenoxy) is 1. The highest BCUT2D eigenvalue weighted by Crippen LogP contribution is 2.48. The van der Waals surface area contributed by atoms with Gasteiger partial charge < -0.3 is 4.74 Å². The van der Waals surface area contributed by atoms with Crippen LogP contribution >= 0.6 is 0 Å². The van der Waals surface area contributed by atoms with Crippen molar-refractivity contribution in [1.29, 1.82) is 0 Å². The van der Waals surface area contributed by atoms with E-state index in [0.717, 1.165) is 36.3 Å². The fraction of sp³-hybridized carbons (Fsp3) is 0.294. The van der Waals surface area contributed by atoms with Crippen LogP contribution in [0, 0.1) is 5.82 Å². The Labute approximate surface area is 135 Å². The van der Waals surface area contributed by atoms with E-state index in [9.17, 15) is 12.8 Å². The Balaban J connectivity index is 1.72. The number of benzene rings is 2. The molecule has 0 spiro atoms. The van der Waals surface area contributed by atoms with Crippen molar-refractivity contribution in [2.75, 3.05) is 13.7 Å². The first-order chi connectivity index (χ1) is 11.0. The van der Waals surface area contributed by atoms with Crippen molar-refractivity contribution in [2.24, 2.45) is 0 Å². The molecule has 122 valence electrons. The zero-order valence-electron chi connectivity index (χ0n) is 12.8. The number of halogens is 1. The third-order valence-corrected chi connectivity index (χ3v) is 5.70. The second-order valence-corrected chi connectivity index (χ2v) is 7.55. The van der Waals surface area contributed by atoms with E-state index in [-0.39, 0.29) is 10.3 Å². The molecule has 0 aromatic heterocycles. The van der Waals surface area contributed by atoms with Gasteiger partial charge in [-0.1, -0.05) is 12.1 Å². The zero-order valence-corrected chi connectivity index (χ0v) is 13.6. The normalized spacial score (nSPS) is 16.1. The molecule has 23 heavy (non-hydrogen) atoms. The quantitative estimate of drug-likeness (QED) is 0.883. The molecule has 2 aromatic rings. The van der Waals surface area contributed by atoms with Gasteiger partial charge >= 0.3 is 0 Å². The molecule has 6 heteroatoms. The van der Waals surface area contributed by atoms with Gasteiger partial charge in [0.05, 0.1) is 12.0 Å². The molecule has 1 saturated carbocycles. The maximum absolute atomic E-state index is 12.9. The van der Waals surface area contributed by atoms with Gasteiger partial charge in [0.15, 0.2) is 0 Å². The van der Waals surface area contributed by atoms with E-state index in [2.05, 4.69) is 4.72 Å². The average molecular weight is 335 g/mol. The van der Waals surface area contributed by atoms with Gasteiger partial charge in [-0.15, -0.1) is 0 Å². The van der Waals surface area contributed by atoms with Crippen LogP contribution in [0.15, 0.2) is 53.4 Å². The Kier molecular flexibility index (Phi) is 4.12. The topological polar surface area (TPSA) is 55.4 Å². The summed E-state index contributed by atoms with van der Waals surface area (Å²) in [6.45, 7) is 0.332. The summed E-state index contributed by atoms with van der Waals surface area (Å²) in [6.07, 6.45) is 1.87. The molecule has 1 aliphatic carbocycles. The van der Waals surface area contributed by atoms with Crippen LogP contribution in [0.1, 0.15) is 18.4 Å². The number of methoxy groups -OCH3 is 1. The monoisotopic (exact) mass is 335 g/mol. The van der Waals surface area contributed by atoms with Gasteiger partial charge in [-0.3, -0.25) is 0 Å². The van der Waals surface area contributed by atoms with Gasteiger partial charge in [0, 0.05) is 12.0 Å². The molecule has 0 radical (unpaired) electrons. The fourth-order valence-corrected chi connectivity index (χ4v) is 3.72. The highest BCUT2D eigenvalue weighted by Gasteiger charge is 2.44. The van der Waals surface area contributed by atoms with Crippen LogP contribution < -0.4 is 9.46 Å². The number of nitrogens with one attached hydrogen (secondary N) is 1. The second-order valence-electron chi connectivity index (χ2n) is 5.79. The van der Waals surface area contributed by atoms with Crippen molar-refractivity contribution in [3.05, 3.63) is 59.9 Å². The van der Waals surface area contributed by atoms with E-state index in [1.54, 1.807) is 7.11 Å². The third-order valence-electron chi connectivity index (χ3n) is 4.28. The summed E-state index contributed by atoms with van der Waals surface area (Å²) in [5.41, 5.74) is 0.944. The van der Waals surface area contributed by atoms with Gasteiger partial charge in [-0.25, -0.2) is 17.5 Å². The first-order valence-electron chi connectivity index (χ1n) is 7.35. The highest BCUT2D eigenvalue weighted by atomic mass is 32.2. The van der Waals surface area contributed by atoms with E-state index in [1.165, 1.54) is 12.1 Å². The molecule has 1 fully saturated rings. The Hall–Kier alpha value is -1.92. The molecular formula is C17H18FNO3S. The summed E-state index contributed by atoms with van der Waals surface area (Å²) in [5.74, 6) is 0.317. The summed E-state index contributed by atoms with van der Waals surface area (Å²) in [6, 6.07) is 12.5. The van der Waals surface area contributed by atoms with E-state index in [1.807, 2.05) is 24.3 Å². The van der Waals surface area contributed by atoms with Crippen molar-refractivity contribution in [3.63, 3.8) is 0 Å². The first kappa shape index (κ1) is 16.0. The molecule has 0 amide bonds. The molecule has 0 atom stereocenters. The van der Waals surface area contributed by atoms with Crippen LogP contribution in [0.2, 0.25) is 0 Å². The average Bonchev–Trinajstić information content (AvgIpc) is 3.35. The number of rotatable bonds is 6. The summed E-state index contributed by atoms with van der Waals surface area (Å²) in [5, 5.41) is 0. The van der Waals surface area contributed by atoms with Crippen LogP contribution in [0.25, 0.3) is 0 Å². The predicted octanol–water partition coefficient (Wildman–Crippen LogP) is 2.84. The molecule has 3 rings (SSSR count). The van der Waals surface area contributed by atoms with Gasteiger partial charge in [0.1, 0.15) is 11.6 Å². The lowest BCUT2D eigenvalue weighted by Gasteiger charge is -2.17. The molecular weight excluding hydrogens is 317 g/mol. The van der Waals surface area contributed by atoms with E-state index < -0.39 is 15.8 Å². The maximum Gasteiger partial charge on any atom is 0.240 e. The smallest absolute Gasteiger partial charge is 0.240 e. The second kappa shape index (κ2) is 5.94. The molecule has 0 unspecified atom stereocenters. The minimum absolute atomic E-state index is 0.0735. The lowest BCUT2D eigenvalue weighted by atomic mass is 9.96. The minimum atomic E-state index is -3.63. The van der Waals surface area contributed by atoms with Crippen LogP contribution in [0.3, 0.4) is 0 Å². The lowest BCUT2D eigenvalue weighted by molar-refractivity contribution is 0.414. The number of hydrogen-bond donors (Lipinski definition) is 1. The maximum atomic E-state index is 12.9. The molecule has 2 aromatic carbocycles. The SMILES string of the molecule is COc1ccc(C2(CNS(=O)(=O)c3ccc(F)cc3)CC2)cc1. The third kappa shape index (κ3) is 3.38. The Morgan fingerprint density at radius 1 is 1.09 bits per heavy atom. The largest absolute Gasteiger partial charge is 0.497 e. The Morgan fingerprint density at radius 2 is 1.70 bits per heavy atom. The van der Waals surface area contributed by atoms with Crippen molar-refractivity contribution in [3.8, 4) is 5.75 Å². The van der Waals surface area contributed by atoms with Gasteiger partial charge in [0.2, 0.25) is 10.0 Å². The van der Waals surface area contributed by atoms with Gasteiger partial charge in [-0.2, -0.15) is 0 Å². The van der Waals surface area contributed by atoms with Crippen molar-refractivity contribution < 1.29 is 17.5 Å². The summed E-state index contributed by atoms with van der Waals surface area (Å²) in [4.78, 5) is 0.0735. The van der Waals surface area contributed by atoms with Gasteiger partial charge in [-0.05, 0) is 54.8 Å². The minimum Gasteiger partial charge on any atom is -0.497 e. The van der Waals surface area contributed by atoms with E-state index in [4.69, 9.17) is 4.74 Å². The lowest BCUT2D eigenvalue weighted by Crippen LogP contribution is -2.32. The van der Waals surface area contributed by atoms with Crippen LogP contribution in [-0.4, -0.2) is 22.1 Å². The van der Waals surface area contributed by atoms with Crippen LogP contribution in [-0.2, 0) is 15.4 Å². The van der Waals surface area contributed by atoms with Gasteiger partial charge in [0.25, 0.3) is 0 Å². The Morgan fingerprint density at radius 3 is 2.22 bits per heavy atom. The molecule has 4 nitrogen and oxygen atoms in total. The van der Waals surface area contributed by atoms with Crippen LogP contribution in [0.4, 0.5) is 4.39 Å². The molecule has 0 saturated heterocycles.